The second kappa shape index (κ2) is 7.57. The van der Waals surface area contributed by atoms with E-state index in [1.165, 1.54) is 13.2 Å². The van der Waals surface area contributed by atoms with Crippen molar-refractivity contribution in [2.75, 3.05) is 12.4 Å². The molecule has 25 heavy (non-hydrogen) atoms. The van der Waals surface area contributed by atoms with Gasteiger partial charge in [0.1, 0.15) is 0 Å². The number of rotatable bonds is 5. The van der Waals surface area contributed by atoms with Crippen LogP contribution in [0.2, 0.25) is 0 Å². The molecule has 0 aliphatic heterocycles. The second-order valence-electron chi connectivity index (χ2n) is 5.71. The van der Waals surface area contributed by atoms with Gasteiger partial charge in [0.15, 0.2) is 0 Å². The maximum atomic E-state index is 12.5. The van der Waals surface area contributed by atoms with E-state index in [0.717, 1.165) is 17.7 Å². The van der Waals surface area contributed by atoms with Crippen LogP contribution < -0.4 is 5.32 Å². The molecule has 0 saturated heterocycles. The van der Waals surface area contributed by atoms with E-state index < -0.39 is 16.8 Å². The minimum absolute atomic E-state index is 0.00755. The zero-order valence-corrected chi connectivity index (χ0v) is 14.1. The molecule has 0 aromatic heterocycles. The van der Waals surface area contributed by atoms with E-state index in [-0.39, 0.29) is 22.7 Å². The standard InChI is InChI=1S/C18H18N2O5/c1-11(2)15-6-4-5-7-16(15)19-17(21)12-8-13(18(22)25-3)10-14(9-12)20(23)24/h4-11H,1-3H3,(H,19,21). The molecule has 0 spiro atoms. The molecule has 130 valence electrons. The molecule has 2 aromatic carbocycles. The van der Waals surface area contributed by atoms with Crippen molar-refractivity contribution in [3.05, 3.63) is 69.3 Å². The second-order valence-corrected chi connectivity index (χ2v) is 5.71. The van der Waals surface area contributed by atoms with Gasteiger partial charge in [0, 0.05) is 23.4 Å². The van der Waals surface area contributed by atoms with Gasteiger partial charge in [0.25, 0.3) is 11.6 Å². The number of nitrogens with one attached hydrogen (secondary N) is 1. The molecule has 7 heteroatoms. The molecule has 0 fully saturated rings. The van der Waals surface area contributed by atoms with Crippen LogP contribution in [0, 0.1) is 10.1 Å². The number of carbonyl (C=O) groups is 2. The normalized spacial score (nSPS) is 10.4. The molecule has 0 saturated carbocycles. The van der Waals surface area contributed by atoms with E-state index in [1.54, 1.807) is 12.1 Å². The minimum Gasteiger partial charge on any atom is -0.465 e. The van der Waals surface area contributed by atoms with Crippen molar-refractivity contribution in [1.29, 1.82) is 0 Å². The molecular formula is C18H18N2O5. The summed E-state index contributed by atoms with van der Waals surface area (Å²) in [4.78, 5) is 34.6. The Bertz CT molecular complexity index is 830. The number of methoxy groups -OCH3 is 1. The van der Waals surface area contributed by atoms with Crippen LogP contribution in [-0.2, 0) is 4.74 Å². The summed E-state index contributed by atoms with van der Waals surface area (Å²) in [6, 6.07) is 10.8. The van der Waals surface area contributed by atoms with Gasteiger partial charge < -0.3 is 10.1 Å². The maximum Gasteiger partial charge on any atom is 0.338 e. The van der Waals surface area contributed by atoms with E-state index in [9.17, 15) is 19.7 Å². The van der Waals surface area contributed by atoms with Crippen molar-refractivity contribution in [2.24, 2.45) is 0 Å². The van der Waals surface area contributed by atoms with Gasteiger partial charge in [-0.25, -0.2) is 4.79 Å². The molecule has 1 amide bonds. The molecule has 0 radical (unpaired) electrons. The molecule has 0 aliphatic carbocycles. The van der Waals surface area contributed by atoms with Gasteiger partial charge in [-0.2, -0.15) is 0 Å². The average molecular weight is 342 g/mol. The fourth-order valence-corrected chi connectivity index (χ4v) is 2.39. The first-order valence-electron chi connectivity index (χ1n) is 7.61. The molecule has 2 aromatic rings. The highest BCUT2D eigenvalue weighted by atomic mass is 16.6. The van der Waals surface area contributed by atoms with Crippen molar-refractivity contribution >= 4 is 23.3 Å². The first-order valence-corrected chi connectivity index (χ1v) is 7.61. The van der Waals surface area contributed by atoms with E-state index in [2.05, 4.69) is 10.1 Å². The minimum atomic E-state index is -0.750. The van der Waals surface area contributed by atoms with Crippen molar-refractivity contribution in [1.82, 2.24) is 0 Å². The summed E-state index contributed by atoms with van der Waals surface area (Å²) in [5, 5.41) is 13.8. The van der Waals surface area contributed by atoms with Gasteiger partial charge in [-0.15, -0.1) is 0 Å². The van der Waals surface area contributed by atoms with Gasteiger partial charge in [0.05, 0.1) is 17.6 Å². The Morgan fingerprint density at radius 3 is 2.36 bits per heavy atom. The third-order valence-electron chi connectivity index (χ3n) is 3.64. The van der Waals surface area contributed by atoms with Crippen LogP contribution in [0.15, 0.2) is 42.5 Å². The summed E-state index contributed by atoms with van der Waals surface area (Å²) < 4.78 is 4.58. The Labute approximate surface area is 144 Å². The molecule has 2 rings (SSSR count). The van der Waals surface area contributed by atoms with Crippen LogP contribution >= 0.6 is 0 Å². The molecule has 7 nitrogen and oxygen atoms in total. The molecule has 0 aliphatic rings. The zero-order valence-electron chi connectivity index (χ0n) is 14.1. The first-order chi connectivity index (χ1) is 11.8. The number of hydrogen-bond acceptors (Lipinski definition) is 5. The van der Waals surface area contributed by atoms with Gasteiger partial charge in [-0.3, -0.25) is 14.9 Å². The Balaban J connectivity index is 2.41. The molecular weight excluding hydrogens is 324 g/mol. The Kier molecular flexibility index (Phi) is 5.49. The number of ether oxygens (including phenoxy) is 1. The molecule has 1 N–H and O–H groups in total. The summed E-state index contributed by atoms with van der Waals surface area (Å²) in [7, 11) is 1.17. The fraction of sp³-hybridized carbons (Fsp3) is 0.222. The van der Waals surface area contributed by atoms with Crippen LogP contribution in [0.5, 0.6) is 0 Å². The number of para-hydroxylation sites is 1. The number of nitrogens with zero attached hydrogens (tertiary/aromatic N) is 1. The number of amides is 1. The molecule has 0 heterocycles. The average Bonchev–Trinajstić information content (AvgIpc) is 2.60. The zero-order chi connectivity index (χ0) is 18.6. The topological polar surface area (TPSA) is 98.5 Å². The van der Waals surface area contributed by atoms with Crippen LogP contribution in [-0.4, -0.2) is 23.9 Å². The molecule has 0 unspecified atom stereocenters. The number of nitro benzene ring substituents is 1. The third-order valence-corrected chi connectivity index (χ3v) is 3.64. The predicted octanol–water partition coefficient (Wildman–Crippen LogP) is 3.76. The van der Waals surface area contributed by atoms with Crippen LogP contribution in [0.3, 0.4) is 0 Å². The number of hydrogen-bond donors (Lipinski definition) is 1. The van der Waals surface area contributed by atoms with E-state index in [4.69, 9.17) is 0 Å². The van der Waals surface area contributed by atoms with E-state index in [1.807, 2.05) is 26.0 Å². The highest BCUT2D eigenvalue weighted by Crippen LogP contribution is 2.25. The lowest BCUT2D eigenvalue weighted by atomic mass is 10.0. The summed E-state index contributed by atoms with van der Waals surface area (Å²) >= 11 is 0. The summed E-state index contributed by atoms with van der Waals surface area (Å²) in [6.45, 7) is 3.99. The number of carbonyl (C=O) groups excluding carboxylic acids is 2. The Morgan fingerprint density at radius 1 is 1.12 bits per heavy atom. The predicted molar refractivity (Wildman–Crippen MR) is 92.9 cm³/mol. The van der Waals surface area contributed by atoms with Gasteiger partial charge in [0.2, 0.25) is 0 Å². The van der Waals surface area contributed by atoms with Crippen molar-refractivity contribution in [3.8, 4) is 0 Å². The lowest BCUT2D eigenvalue weighted by Crippen LogP contribution is -2.15. The summed E-state index contributed by atoms with van der Waals surface area (Å²) in [6.07, 6.45) is 0. The largest absolute Gasteiger partial charge is 0.465 e. The van der Waals surface area contributed by atoms with Crippen molar-refractivity contribution < 1.29 is 19.2 Å². The van der Waals surface area contributed by atoms with Gasteiger partial charge in [-0.1, -0.05) is 32.0 Å². The maximum absolute atomic E-state index is 12.5. The van der Waals surface area contributed by atoms with Crippen molar-refractivity contribution in [2.45, 2.75) is 19.8 Å². The lowest BCUT2D eigenvalue weighted by Gasteiger charge is -2.14. The van der Waals surface area contributed by atoms with E-state index in [0.29, 0.717) is 5.69 Å². The van der Waals surface area contributed by atoms with Gasteiger partial charge >= 0.3 is 5.97 Å². The Hall–Kier alpha value is -3.22. The third kappa shape index (κ3) is 4.20. The first kappa shape index (κ1) is 18.1. The number of anilines is 1. The van der Waals surface area contributed by atoms with Crippen LogP contribution in [0.4, 0.5) is 11.4 Å². The van der Waals surface area contributed by atoms with Crippen LogP contribution in [0.1, 0.15) is 46.0 Å². The monoisotopic (exact) mass is 342 g/mol. The van der Waals surface area contributed by atoms with Crippen LogP contribution in [0.25, 0.3) is 0 Å². The lowest BCUT2D eigenvalue weighted by molar-refractivity contribution is -0.384. The fourth-order valence-electron chi connectivity index (χ4n) is 2.39. The molecule has 0 atom stereocenters. The smallest absolute Gasteiger partial charge is 0.338 e. The highest BCUT2D eigenvalue weighted by molar-refractivity contribution is 6.06. The van der Waals surface area contributed by atoms with Crippen molar-refractivity contribution in [3.63, 3.8) is 0 Å². The number of benzene rings is 2. The highest BCUT2D eigenvalue weighted by Gasteiger charge is 2.19. The number of non-ortho nitro benzene ring substituents is 1. The molecule has 0 bridgehead atoms. The van der Waals surface area contributed by atoms with Gasteiger partial charge in [-0.05, 0) is 23.6 Å². The number of esters is 1. The SMILES string of the molecule is COC(=O)c1cc(C(=O)Nc2ccccc2C(C)C)cc([N+](=O)[O-])c1. The van der Waals surface area contributed by atoms with E-state index >= 15 is 0 Å². The summed E-state index contributed by atoms with van der Waals surface area (Å²) in [5.74, 6) is -1.10. The quantitative estimate of drug-likeness (QED) is 0.507. The number of nitro groups is 1. The summed E-state index contributed by atoms with van der Waals surface area (Å²) in [5.41, 5.74) is 1.15. The Morgan fingerprint density at radius 2 is 1.76 bits per heavy atom.